The average Bonchev–Trinajstić information content (AvgIpc) is 2.59. The first kappa shape index (κ1) is 19.4. The molecule has 0 saturated heterocycles. The third kappa shape index (κ3) is 6.17. The first-order chi connectivity index (χ1) is 12.5. The Bertz CT molecular complexity index is 769. The number of carbonyl (C=O) groups is 1. The van der Waals surface area contributed by atoms with Crippen molar-refractivity contribution in [1.29, 1.82) is 0 Å². The molecule has 3 N–H and O–H groups in total. The van der Waals surface area contributed by atoms with Crippen molar-refractivity contribution >= 4 is 40.6 Å². The zero-order chi connectivity index (χ0) is 18.9. The standard InChI is InChI=1S/C16H19ClN6O3/c1-11(24)18-8-2-3-9-19-15-14(23(25)26)10-20-16(22-15)21-13-6-4-12(17)5-7-13/h4-7,10H,2-3,8-9H2,1H3,(H,18,24)(H2,19,20,21,22). The summed E-state index contributed by atoms with van der Waals surface area (Å²) in [6.07, 6.45) is 2.63. The maximum atomic E-state index is 11.1. The van der Waals surface area contributed by atoms with Gasteiger partial charge in [0.2, 0.25) is 17.7 Å². The van der Waals surface area contributed by atoms with Crippen LogP contribution in [0.3, 0.4) is 0 Å². The molecule has 0 unspecified atom stereocenters. The number of amides is 1. The molecule has 0 aliphatic rings. The van der Waals surface area contributed by atoms with Gasteiger partial charge in [0, 0.05) is 30.7 Å². The highest BCUT2D eigenvalue weighted by Crippen LogP contribution is 2.24. The number of unbranched alkanes of at least 4 members (excludes halogenated alkanes) is 1. The Morgan fingerprint density at radius 3 is 2.58 bits per heavy atom. The van der Waals surface area contributed by atoms with E-state index in [1.54, 1.807) is 24.3 Å². The summed E-state index contributed by atoms with van der Waals surface area (Å²) in [6, 6.07) is 6.93. The minimum absolute atomic E-state index is 0.0812. The molecule has 26 heavy (non-hydrogen) atoms. The lowest BCUT2D eigenvalue weighted by atomic mass is 10.3. The molecule has 2 rings (SSSR count). The molecule has 9 nitrogen and oxygen atoms in total. The van der Waals surface area contributed by atoms with Gasteiger partial charge in [0.25, 0.3) is 0 Å². The van der Waals surface area contributed by atoms with Gasteiger partial charge in [-0.15, -0.1) is 0 Å². The molecule has 1 aromatic heterocycles. The number of nitrogens with zero attached hydrogens (tertiary/aromatic N) is 3. The number of rotatable bonds is 9. The van der Waals surface area contributed by atoms with E-state index in [0.29, 0.717) is 23.8 Å². The molecule has 0 atom stereocenters. The van der Waals surface area contributed by atoms with Crippen molar-refractivity contribution in [2.24, 2.45) is 0 Å². The average molecular weight is 379 g/mol. The first-order valence-corrected chi connectivity index (χ1v) is 8.36. The van der Waals surface area contributed by atoms with E-state index in [1.165, 1.54) is 6.92 Å². The van der Waals surface area contributed by atoms with Crippen molar-refractivity contribution in [3.63, 3.8) is 0 Å². The smallest absolute Gasteiger partial charge is 0.329 e. The van der Waals surface area contributed by atoms with E-state index in [9.17, 15) is 14.9 Å². The molecule has 2 aromatic rings. The van der Waals surface area contributed by atoms with Gasteiger partial charge in [-0.2, -0.15) is 4.98 Å². The summed E-state index contributed by atoms with van der Waals surface area (Å²) in [5.74, 6) is 0.293. The van der Waals surface area contributed by atoms with Crippen molar-refractivity contribution in [2.75, 3.05) is 23.7 Å². The molecule has 0 saturated carbocycles. The number of nitro groups is 1. The second-order valence-corrected chi connectivity index (χ2v) is 5.87. The van der Waals surface area contributed by atoms with Gasteiger partial charge in [-0.3, -0.25) is 14.9 Å². The second kappa shape index (κ2) is 9.52. The first-order valence-electron chi connectivity index (χ1n) is 7.98. The summed E-state index contributed by atoms with van der Waals surface area (Å²) in [4.78, 5) is 29.5. The molecule has 0 radical (unpaired) electrons. The monoisotopic (exact) mass is 378 g/mol. The summed E-state index contributed by atoms with van der Waals surface area (Å²) in [7, 11) is 0. The third-order valence-electron chi connectivity index (χ3n) is 3.34. The molecule has 0 spiro atoms. The molecule has 0 bridgehead atoms. The highest BCUT2D eigenvalue weighted by molar-refractivity contribution is 6.30. The molecule has 1 heterocycles. The van der Waals surface area contributed by atoms with Gasteiger partial charge in [-0.25, -0.2) is 4.98 Å². The van der Waals surface area contributed by atoms with E-state index < -0.39 is 4.92 Å². The Hall–Kier alpha value is -2.94. The summed E-state index contributed by atoms with van der Waals surface area (Å²) in [6.45, 7) is 2.50. The third-order valence-corrected chi connectivity index (χ3v) is 3.59. The number of benzene rings is 1. The largest absolute Gasteiger partial charge is 0.364 e. The number of anilines is 3. The minimum atomic E-state index is -0.536. The number of carbonyl (C=O) groups excluding carboxylic acids is 1. The molecular weight excluding hydrogens is 360 g/mol. The van der Waals surface area contributed by atoms with Gasteiger partial charge in [0.05, 0.1) is 4.92 Å². The fourth-order valence-corrected chi connectivity index (χ4v) is 2.21. The normalized spacial score (nSPS) is 10.2. The Morgan fingerprint density at radius 1 is 1.23 bits per heavy atom. The Labute approximate surface area is 155 Å². The molecule has 0 aliphatic carbocycles. The minimum Gasteiger partial charge on any atom is -0.364 e. The maximum Gasteiger partial charge on any atom is 0.329 e. The summed E-state index contributed by atoms with van der Waals surface area (Å²) in [5.41, 5.74) is 0.512. The van der Waals surface area contributed by atoms with Crippen LogP contribution in [0.4, 0.5) is 23.1 Å². The SMILES string of the molecule is CC(=O)NCCCCNc1nc(Nc2ccc(Cl)cc2)ncc1[N+](=O)[O-]. The molecule has 138 valence electrons. The summed E-state index contributed by atoms with van der Waals surface area (Å²) in [5, 5.41) is 20.4. The van der Waals surface area contributed by atoms with Crippen LogP contribution in [0.25, 0.3) is 0 Å². The van der Waals surface area contributed by atoms with Crippen molar-refractivity contribution < 1.29 is 9.72 Å². The predicted octanol–water partition coefficient (Wildman–Crippen LogP) is 3.11. The number of nitrogens with one attached hydrogen (secondary N) is 3. The van der Waals surface area contributed by atoms with Crippen LogP contribution in [0.5, 0.6) is 0 Å². The van der Waals surface area contributed by atoms with Crippen LogP contribution < -0.4 is 16.0 Å². The van der Waals surface area contributed by atoms with Gasteiger partial charge in [-0.05, 0) is 37.1 Å². The summed E-state index contributed by atoms with van der Waals surface area (Å²) >= 11 is 5.84. The zero-order valence-corrected chi connectivity index (χ0v) is 14.9. The second-order valence-electron chi connectivity index (χ2n) is 5.43. The molecule has 10 heteroatoms. The van der Waals surface area contributed by atoms with Crippen LogP contribution in [0.2, 0.25) is 5.02 Å². The molecular formula is C16H19ClN6O3. The topological polar surface area (TPSA) is 122 Å². The van der Waals surface area contributed by atoms with Crippen LogP contribution in [-0.2, 0) is 4.79 Å². The highest BCUT2D eigenvalue weighted by Gasteiger charge is 2.17. The van der Waals surface area contributed by atoms with E-state index in [0.717, 1.165) is 19.0 Å². The van der Waals surface area contributed by atoms with Crippen LogP contribution in [0, 0.1) is 10.1 Å². The van der Waals surface area contributed by atoms with Crippen LogP contribution in [0.1, 0.15) is 19.8 Å². The van der Waals surface area contributed by atoms with E-state index in [4.69, 9.17) is 11.6 Å². The van der Waals surface area contributed by atoms with Crippen molar-refractivity contribution in [1.82, 2.24) is 15.3 Å². The number of halogens is 1. The maximum absolute atomic E-state index is 11.1. The van der Waals surface area contributed by atoms with Gasteiger partial charge in [-0.1, -0.05) is 11.6 Å². The van der Waals surface area contributed by atoms with Crippen molar-refractivity contribution in [3.05, 3.63) is 45.6 Å². The Morgan fingerprint density at radius 2 is 1.92 bits per heavy atom. The van der Waals surface area contributed by atoms with Gasteiger partial charge in [0.15, 0.2) is 0 Å². The number of hydrogen-bond acceptors (Lipinski definition) is 7. The van der Waals surface area contributed by atoms with E-state index in [2.05, 4.69) is 25.9 Å². The van der Waals surface area contributed by atoms with Crippen molar-refractivity contribution in [2.45, 2.75) is 19.8 Å². The molecule has 0 aliphatic heterocycles. The van der Waals surface area contributed by atoms with E-state index in [1.807, 2.05) is 0 Å². The molecule has 1 amide bonds. The lowest BCUT2D eigenvalue weighted by Gasteiger charge is -2.09. The van der Waals surface area contributed by atoms with Crippen LogP contribution in [0.15, 0.2) is 30.5 Å². The quantitative estimate of drug-likeness (QED) is 0.348. The summed E-state index contributed by atoms with van der Waals surface area (Å²) < 4.78 is 0. The highest BCUT2D eigenvalue weighted by atomic mass is 35.5. The van der Waals surface area contributed by atoms with E-state index >= 15 is 0 Å². The lowest BCUT2D eigenvalue weighted by molar-refractivity contribution is -0.384. The fourth-order valence-electron chi connectivity index (χ4n) is 2.08. The Balaban J connectivity index is 1.99. The van der Waals surface area contributed by atoms with Gasteiger partial charge < -0.3 is 16.0 Å². The van der Waals surface area contributed by atoms with Gasteiger partial charge >= 0.3 is 5.69 Å². The molecule has 1 aromatic carbocycles. The number of hydrogen-bond donors (Lipinski definition) is 3. The van der Waals surface area contributed by atoms with Gasteiger partial charge in [0.1, 0.15) is 6.20 Å². The number of aromatic nitrogens is 2. The van der Waals surface area contributed by atoms with Crippen LogP contribution >= 0.6 is 11.6 Å². The van der Waals surface area contributed by atoms with Crippen molar-refractivity contribution in [3.8, 4) is 0 Å². The van der Waals surface area contributed by atoms with Crippen LogP contribution in [-0.4, -0.2) is 33.9 Å². The van der Waals surface area contributed by atoms with E-state index in [-0.39, 0.29) is 23.4 Å². The predicted molar refractivity (Wildman–Crippen MR) is 99.8 cm³/mol. The zero-order valence-electron chi connectivity index (χ0n) is 14.2. The lowest BCUT2D eigenvalue weighted by Crippen LogP contribution is -2.21. The molecule has 0 fully saturated rings. The Kier molecular flexibility index (Phi) is 7.10. The fraction of sp³-hybridized carbons (Fsp3) is 0.312.